The smallest absolute Gasteiger partial charge is 0.303 e. The highest BCUT2D eigenvalue weighted by Crippen LogP contribution is 2.02. The summed E-state index contributed by atoms with van der Waals surface area (Å²) in [6, 6.07) is 0. The van der Waals surface area contributed by atoms with E-state index in [2.05, 4.69) is 10.6 Å². The number of carbonyl (C=O) groups is 2. The van der Waals surface area contributed by atoms with Gasteiger partial charge in [-0.2, -0.15) is 0 Å². The molecule has 0 aliphatic rings. The molecule has 7 heteroatoms. The number of nitrogens with one attached hydrogen (secondary N) is 1. The average molecular weight is 242 g/mol. The van der Waals surface area contributed by atoms with Crippen molar-refractivity contribution in [3.05, 3.63) is 6.20 Å². The van der Waals surface area contributed by atoms with Gasteiger partial charge in [-0.15, -0.1) is 0 Å². The number of carboxylic acids is 1. The van der Waals surface area contributed by atoms with Crippen LogP contribution in [0.3, 0.4) is 0 Å². The van der Waals surface area contributed by atoms with Gasteiger partial charge in [-0.3, -0.25) is 19.4 Å². The molecule has 1 amide bonds. The summed E-state index contributed by atoms with van der Waals surface area (Å²) in [5.74, 6) is -0.676. The molecule has 0 fully saturated rings. The number of nitrogens with zero attached hydrogens (tertiary/aromatic N) is 2. The van der Waals surface area contributed by atoms with Gasteiger partial charge in [0.2, 0.25) is 11.2 Å². The van der Waals surface area contributed by atoms with Crippen molar-refractivity contribution >= 4 is 17.8 Å². The molecule has 1 aromatic heterocycles. The van der Waals surface area contributed by atoms with E-state index in [9.17, 15) is 9.59 Å². The zero-order chi connectivity index (χ0) is 12.7. The fourth-order valence-corrected chi connectivity index (χ4v) is 1.34. The molecule has 0 atom stereocenters. The van der Waals surface area contributed by atoms with Gasteiger partial charge in [-0.25, -0.2) is 0 Å². The molecule has 1 heterocycles. The number of anilines is 1. The Balaban J connectivity index is 2.21. The molecule has 1 aromatic rings. The number of aryl methyl sites for hydroxylation is 1. The highest BCUT2D eigenvalue weighted by atomic mass is 16.5. The second-order valence-corrected chi connectivity index (χ2v) is 3.71. The van der Waals surface area contributed by atoms with E-state index in [1.165, 1.54) is 6.92 Å². The van der Waals surface area contributed by atoms with Gasteiger partial charge >= 0.3 is 11.9 Å². The minimum absolute atomic E-state index is 0.195. The molecule has 2 N–H and O–H groups in total. The van der Waals surface area contributed by atoms with Crippen molar-refractivity contribution in [2.75, 3.05) is 5.32 Å². The van der Waals surface area contributed by atoms with Gasteiger partial charge in [0.25, 0.3) is 6.20 Å². The molecule has 94 valence electrons. The number of aromatic nitrogens is 2. The fraction of sp³-hybridized carbons (Fsp3) is 0.600. The SMILES string of the molecule is CC(=O)Nc1c[n+](CCCCCC(=O)O)no1. The Kier molecular flexibility index (Phi) is 5.12. The summed E-state index contributed by atoms with van der Waals surface area (Å²) in [4.78, 5) is 21.0. The molecule has 0 aromatic carbocycles. The minimum Gasteiger partial charge on any atom is -0.481 e. The van der Waals surface area contributed by atoms with Crippen LogP contribution in [-0.2, 0) is 16.1 Å². The monoisotopic (exact) mass is 242 g/mol. The summed E-state index contributed by atoms with van der Waals surface area (Å²) in [5, 5.41) is 14.6. The average Bonchev–Trinajstić information content (AvgIpc) is 2.63. The van der Waals surface area contributed by atoms with Gasteiger partial charge in [0.05, 0.1) is 0 Å². The van der Waals surface area contributed by atoms with E-state index in [1.54, 1.807) is 10.9 Å². The first-order chi connectivity index (χ1) is 8.08. The maximum absolute atomic E-state index is 10.7. The van der Waals surface area contributed by atoms with Gasteiger partial charge in [0, 0.05) is 19.8 Å². The molecule has 0 unspecified atom stereocenters. The Bertz CT molecular complexity index is 389. The van der Waals surface area contributed by atoms with Crippen molar-refractivity contribution < 1.29 is 23.9 Å². The Morgan fingerprint density at radius 2 is 2.24 bits per heavy atom. The zero-order valence-electron chi connectivity index (χ0n) is 9.68. The Labute approximate surface area is 98.4 Å². The predicted molar refractivity (Wildman–Crippen MR) is 57.1 cm³/mol. The number of aliphatic carboxylic acids is 1. The predicted octanol–water partition coefficient (Wildman–Crippen LogP) is 0.565. The van der Waals surface area contributed by atoms with Crippen molar-refractivity contribution in [2.24, 2.45) is 0 Å². The quantitative estimate of drug-likeness (QED) is 0.538. The first-order valence-electron chi connectivity index (χ1n) is 5.44. The lowest BCUT2D eigenvalue weighted by molar-refractivity contribution is -0.762. The number of carboxylic acid groups (broad SMARTS) is 1. The van der Waals surface area contributed by atoms with Gasteiger partial charge in [-0.05, 0) is 12.8 Å². The molecule has 0 radical (unpaired) electrons. The summed E-state index contributed by atoms with van der Waals surface area (Å²) in [6.45, 7) is 2.03. The molecule has 0 saturated carbocycles. The number of carbonyl (C=O) groups excluding carboxylic acids is 1. The Hall–Kier alpha value is -1.92. The largest absolute Gasteiger partial charge is 0.481 e. The van der Waals surface area contributed by atoms with Crippen LogP contribution in [0.5, 0.6) is 0 Å². The number of unbranched alkanes of at least 4 members (excludes halogenated alkanes) is 2. The van der Waals surface area contributed by atoms with E-state index in [0.717, 1.165) is 12.8 Å². The maximum atomic E-state index is 10.7. The van der Waals surface area contributed by atoms with Crippen LogP contribution in [0.4, 0.5) is 5.88 Å². The molecule has 0 aliphatic carbocycles. The fourth-order valence-electron chi connectivity index (χ4n) is 1.34. The minimum atomic E-state index is -0.771. The van der Waals surface area contributed by atoms with E-state index in [0.29, 0.717) is 18.8 Å². The summed E-state index contributed by atoms with van der Waals surface area (Å²) in [7, 11) is 0. The van der Waals surface area contributed by atoms with Crippen LogP contribution in [0, 0.1) is 0 Å². The van der Waals surface area contributed by atoms with Crippen LogP contribution < -0.4 is 10.00 Å². The number of rotatable bonds is 7. The standard InChI is InChI=1S/C10H15N3O4/c1-8(14)11-9-7-13(12-17-9)6-4-2-3-5-10(15)16/h7H,2-6H2,1H3,(H-,11,12,14,15,16)/p+1. The summed E-state index contributed by atoms with van der Waals surface area (Å²) >= 11 is 0. The van der Waals surface area contributed by atoms with Crippen LogP contribution in [0.25, 0.3) is 0 Å². The van der Waals surface area contributed by atoms with Crippen LogP contribution in [-0.4, -0.2) is 22.3 Å². The second-order valence-electron chi connectivity index (χ2n) is 3.71. The normalized spacial score (nSPS) is 10.2. The first-order valence-corrected chi connectivity index (χ1v) is 5.44. The van der Waals surface area contributed by atoms with Gasteiger partial charge in [0.1, 0.15) is 0 Å². The molecular weight excluding hydrogens is 226 g/mol. The Morgan fingerprint density at radius 3 is 2.88 bits per heavy atom. The number of hydrogen-bond donors (Lipinski definition) is 2. The van der Waals surface area contributed by atoms with Gasteiger partial charge in [0.15, 0.2) is 6.54 Å². The zero-order valence-corrected chi connectivity index (χ0v) is 9.68. The Morgan fingerprint density at radius 1 is 1.47 bits per heavy atom. The summed E-state index contributed by atoms with van der Waals surface area (Å²) in [5.41, 5.74) is 0. The van der Waals surface area contributed by atoms with E-state index >= 15 is 0 Å². The molecule has 17 heavy (non-hydrogen) atoms. The highest BCUT2D eigenvalue weighted by molar-refractivity contribution is 5.86. The molecule has 0 aliphatic heterocycles. The number of amides is 1. The molecular formula is C10H16N3O4+. The van der Waals surface area contributed by atoms with Crippen molar-refractivity contribution in [2.45, 2.75) is 39.2 Å². The van der Waals surface area contributed by atoms with E-state index < -0.39 is 5.97 Å². The number of hydrogen-bond acceptors (Lipinski definition) is 4. The lowest BCUT2D eigenvalue weighted by atomic mass is 10.2. The lowest BCUT2D eigenvalue weighted by Crippen LogP contribution is -2.34. The third-order valence-corrected chi connectivity index (χ3v) is 2.09. The van der Waals surface area contributed by atoms with Gasteiger partial charge in [-0.1, -0.05) is 4.68 Å². The van der Waals surface area contributed by atoms with Crippen LogP contribution in [0.1, 0.15) is 32.6 Å². The van der Waals surface area contributed by atoms with Crippen molar-refractivity contribution in [1.29, 1.82) is 0 Å². The third-order valence-electron chi connectivity index (χ3n) is 2.09. The van der Waals surface area contributed by atoms with Crippen LogP contribution in [0.2, 0.25) is 0 Å². The molecule has 1 rings (SSSR count). The van der Waals surface area contributed by atoms with E-state index in [-0.39, 0.29) is 12.3 Å². The van der Waals surface area contributed by atoms with Crippen LogP contribution >= 0.6 is 0 Å². The van der Waals surface area contributed by atoms with Crippen molar-refractivity contribution in [3.63, 3.8) is 0 Å². The summed E-state index contributed by atoms with van der Waals surface area (Å²) in [6.07, 6.45) is 4.09. The van der Waals surface area contributed by atoms with Crippen molar-refractivity contribution in [3.8, 4) is 0 Å². The molecule has 0 saturated heterocycles. The third kappa shape index (κ3) is 5.64. The van der Waals surface area contributed by atoms with Crippen LogP contribution in [0.15, 0.2) is 10.7 Å². The molecule has 0 spiro atoms. The maximum Gasteiger partial charge on any atom is 0.303 e. The van der Waals surface area contributed by atoms with Gasteiger partial charge < -0.3 is 5.11 Å². The first kappa shape index (κ1) is 13.1. The van der Waals surface area contributed by atoms with Crippen molar-refractivity contribution in [1.82, 2.24) is 5.27 Å². The highest BCUT2D eigenvalue weighted by Gasteiger charge is 2.11. The lowest BCUT2D eigenvalue weighted by Gasteiger charge is -1.92. The second kappa shape index (κ2) is 6.62. The topological polar surface area (TPSA) is 96.3 Å². The molecule has 7 nitrogen and oxygen atoms in total. The van der Waals surface area contributed by atoms with E-state index in [4.69, 9.17) is 9.63 Å². The summed E-state index contributed by atoms with van der Waals surface area (Å²) < 4.78 is 6.43. The van der Waals surface area contributed by atoms with E-state index in [1.807, 2.05) is 0 Å². The molecule has 0 bridgehead atoms.